The van der Waals surface area contributed by atoms with E-state index in [-0.39, 0.29) is 12.5 Å². The summed E-state index contributed by atoms with van der Waals surface area (Å²) in [5, 5.41) is 0. The van der Waals surface area contributed by atoms with Gasteiger partial charge in [-0.3, -0.25) is 4.79 Å². The smallest absolute Gasteiger partial charge is 0.328 e. The zero-order chi connectivity index (χ0) is 10.8. The fourth-order valence-corrected chi connectivity index (χ4v) is 0.792. The molecule has 0 spiro atoms. The van der Waals surface area contributed by atoms with E-state index in [4.69, 9.17) is 15.3 Å². The first-order chi connectivity index (χ1) is 6.70. The van der Waals surface area contributed by atoms with E-state index in [1.807, 2.05) is 19.4 Å². The van der Waals surface area contributed by atoms with Crippen LogP contribution in [0.3, 0.4) is 0 Å². The average Bonchev–Trinajstić information content (AvgIpc) is 2.15. The van der Waals surface area contributed by atoms with Gasteiger partial charge in [0.15, 0.2) is 0 Å². The number of hydrogen-bond acceptors (Lipinski definition) is 6. The van der Waals surface area contributed by atoms with E-state index in [1.54, 1.807) is 0 Å². The van der Waals surface area contributed by atoms with E-state index in [0.29, 0.717) is 19.8 Å². The molecule has 0 saturated heterocycles. The van der Waals surface area contributed by atoms with E-state index in [9.17, 15) is 4.79 Å². The molecule has 6 nitrogen and oxygen atoms in total. The zero-order valence-electron chi connectivity index (χ0n) is 8.62. The van der Waals surface area contributed by atoms with Crippen molar-refractivity contribution in [3.05, 3.63) is 0 Å². The summed E-state index contributed by atoms with van der Waals surface area (Å²) in [4.78, 5) is 15.0. The molecule has 0 aliphatic heterocycles. The first-order valence-corrected chi connectivity index (χ1v) is 4.55. The van der Waals surface area contributed by atoms with Crippen molar-refractivity contribution in [3.63, 3.8) is 0 Å². The highest BCUT2D eigenvalue weighted by Crippen LogP contribution is 1.94. The minimum Gasteiger partial charge on any atom is -0.379 e. The summed E-state index contributed by atoms with van der Waals surface area (Å²) in [6.45, 7) is 5.28. The van der Waals surface area contributed by atoms with E-state index >= 15 is 0 Å². The summed E-state index contributed by atoms with van der Waals surface area (Å²) in [7, 11) is 0. The minimum absolute atomic E-state index is 0.0198. The maximum atomic E-state index is 10.8. The van der Waals surface area contributed by atoms with Gasteiger partial charge in [-0.25, -0.2) is 5.84 Å². The second-order valence-corrected chi connectivity index (χ2v) is 2.68. The predicted molar refractivity (Wildman–Crippen MR) is 49.9 cm³/mol. The Hall–Kier alpha value is -0.690. The minimum atomic E-state index is -0.448. The van der Waals surface area contributed by atoms with Crippen LogP contribution in [0.1, 0.15) is 20.3 Å². The molecule has 0 aromatic carbocycles. The monoisotopic (exact) mass is 206 g/mol. The molecule has 0 aromatic heterocycles. The van der Waals surface area contributed by atoms with Crippen LogP contribution in [0.2, 0.25) is 0 Å². The van der Waals surface area contributed by atoms with Gasteiger partial charge in [-0.05, 0) is 13.8 Å². The Morgan fingerprint density at radius 2 is 2.29 bits per heavy atom. The van der Waals surface area contributed by atoms with Gasteiger partial charge >= 0.3 is 5.97 Å². The Balaban J connectivity index is 3.29. The Bertz CT molecular complexity index is 154. The Morgan fingerprint density at radius 3 is 2.86 bits per heavy atom. The van der Waals surface area contributed by atoms with Crippen molar-refractivity contribution in [1.82, 2.24) is 5.59 Å². The molecule has 0 rings (SSSR count). The summed E-state index contributed by atoms with van der Waals surface area (Å²) >= 11 is 0. The zero-order valence-corrected chi connectivity index (χ0v) is 8.62. The molecule has 84 valence electrons. The van der Waals surface area contributed by atoms with Gasteiger partial charge in [0, 0.05) is 6.61 Å². The molecule has 0 amide bonds. The number of rotatable bonds is 8. The third kappa shape index (κ3) is 7.93. The number of nitrogens with two attached hydrogens (primary N) is 1. The second-order valence-electron chi connectivity index (χ2n) is 2.68. The molecule has 6 heteroatoms. The maximum absolute atomic E-state index is 10.8. The number of carbonyl (C=O) groups excluding carboxylic acids is 1. The maximum Gasteiger partial charge on any atom is 0.328 e. The molecule has 0 aliphatic carbocycles. The third-order valence-corrected chi connectivity index (χ3v) is 1.44. The van der Waals surface area contributed by atoms with Crippen LogP contribution in [0.15, 0.2) is 0 Å². The van der Waals surface area contributed by atoms with Crippen molar-refractivity contribution in [2.45, 2.75) is 26.4 Å². The summed E-state index contributed by atoms with van der Waals surface area (Å²) in [5.74, 6) is 4.32. The van der Waals surface area contributed by atoms with Gasteiger partial charge < -0.3 is 14.3 Å². The quantitative estimate of drug-likeness (QED) is 0.420. The summed E-state index contributed by atoms with van der Waals surface area (Å²) in [5.41, 5.74) is 1.81. The van der Waals surface area contributed by atoms with Crippen LogP contribution in [-0.2, 0) is 19.1 Å². The number of ether oxygens (including phenoxy) is 2. The van der Waals surface area contributed by atoms with E-state index < -0.39 is 5.97 Å². The molecule has 0 fully saturated rings. The molecular weight excluding hydrogens is 188 g/mol. The fourth-order valence-electron chi connectivity index (χ4n) is 0.792. The van der Waals surface area contributed by atoms with Gasteiger partial charge in [-0.2, -0.15) is 0 Å². The third-order valence-electron chi connectivity index (χ3n) is 1.44. The largest absolute Gasteiger partial charge is 0.379 e. The van der Waals surface area contributed by atoms with Gasteiger partial charge in [0.25, 0.3) is 0 Å². The first-order valence-electron chi connectivity index (χ1n) is 4.55. The molecule has 0 bridgehead atoms. The molecule has 1 unspecified atom stereocenters. The van der Waals surface area contributed by atoms with Gasteiger partial charge in [0.2, 0.25) is 0 Å². The van der Waals surface area contributed by atoms with Crippen LogP contribution in [0.5, 0.6) is 0 Å². The van der Waals surface area contributed by atoms with Crippen molar-refractivity contribution < 1.29 is 19.1 Å². The van der Waals surface area contributed by atoms with Crippen molar-refractivity contribution in [2.75, 3.05) is 19.8 Å². The predicted octanol–water partition coefficient (Wildman–Crippen LogP) is -0.260. The van der Waals surface area contributed by atoms with Crippen LogP contribution in [-0.4, -0.2) is 31.9 Å². The molecule has 14 heavy (non-hydrogen) atoms. The SMILES string of the molecule is CCOCC(C)OCCC(=O)ONN. The molecule has 1 atom stereocenters. The fraction of sp³-hybridized carbons (Fsp3) is 0.875. The highest BCUT2D eigenvalue weighted by molar-refractivity contribution is 5.69. The number of carbonyl (C=O) groups is 1. The van der Waals surface area contributed by atoms with E-state index in [1.165, 1.54) is 0 Å². The molecule has 0 radical (unpaired) electrons. The number of hydrazine groups is 1. The molecule has 0 aromatic rings. The molecule has 0 saturated carbocycles. The molecule has 0 aliphatic rings. The van der Waals surface area contributed by atoms with Crippen LogP contribution >= 0.6 is 0 Å². The Kier molecular flexibility index (Phi) is 8.45. The standard InChI is InChI=1S/C8H18N2O4/c1-3-12-6-7(2)13-5-4-8(11)14-10-9/h7,10H,3-6,9H2,1-2H3. The molecule has 0 heterocycles. The number of nitrogens with one attached hydrogen (secondary N) is 1. The van der Waals surface area contributed by atoms with Crippen LogP contribution in [0.25, 0.3) is 0 Å². The van der Waals surface area contributed by atoms with Crippen molar-refractivity contribution >= 4 is 5.97 Å². The average molecular weight is 206 g/mol. The van der Waals surface area contributed by atoms with E-state index in [0.717, 1.165) is 0 Å². The van der Waals surface area contributed by atoms with E-state index in [2.05, 4.69) is 4.84 Å². The molecular formula is C8H18N2O4. The topological polar surface area (TPSA) is 82.8 Å². The lowest BCUT2D eigenvalue weighted by molar-refractivity contribution is -0.153. The van der Waals surface area contributed by atoms with Gasteiger partial charge in [-0.15, -0.1) is 0 Å². The second kappa shape index (κ2) is 8.89. The van der Waals surface area contributed by atoms with Crippen molar-refractivity contribution in [1.29, 1.82) is 0 Å². The summed E-state index contributed by atoms with van der Waals surface area (Å²) in [6.07, 6.45) is 0.147. The lowest BCUT2D eigenvalue weighted by atomic mass is 10.4. The van der Waals surface area contributed by atoms with Crippen LogP contribution in [0, 0.1) is 0 Å². The lowest BCUT2D eigenvalue weighted by Crippen LogP contribution is -2.27. The van der Waals surface area contributed by atoms with Crippen LogP contribution in [0.4, 0.5) is 0 Å². The summed E-state index contributed by atoms with van der Waals surface area (Å²) in [6, 6.07) is 0. The highest BCUT2D eigenvalue weighted by atomic mass is 16.7. The normalized spacial score (nSPS) is 12.5. The number of hydrogen-bond donors (Lipinski definition) is 2. The Morgan fingerprint density at radius 1 is 1.57 bits per heavy atom. The van der Waals surface area contributed by atoms with Crippen molar-refractivity contribution in [3.8, 4) is 0 Å². The Labute approximate surface area is 83.6 Å². The van der Waals surface area contributed by atoms with Gasteiger partial charge in [-0.1, -0.05) is 5.59 Å². The summed E-state index contributed by atoms with van der Waals surface area (Å²) < 4.78 is 10.4. The van der Waals surface area contributed by atoms with Gasteiger partial charge in [0.05, 0.1) is 25.7 Å². The lowest BCUT2D eigenvalue weighted by Gasteiger charge is -2.11. The van der Waals surface area contributed by atoms with Crippen molar-refractivity contribution in [2.24, 2.45) is 5.84 Å². The van der Waals surface area contributed by atoms with Gasteiger partial charge in [0.1, 0.15) is 0 Å². The first kappa shape index (κ1) is 13.3. The molecule has 3 N–H and O–H groups in total. The van der Waals surface area contributed by atoms with Crippen LogP contribution < -0.4 is 11.4 Å². The highest BCUT2D eigenvalue weighted by Gasteiger charge is 2.05.